The molecule has 84 valence electrons. The maximum Gasteiger partial charge on any atom is 0.130 e. The molecule has 0 amide bonds. The van der Waals surface area contributed by atoms with Crippen LogP contribution in [0.3, 0.4) is 0 Å². The fraction of sp³-hybridized carbons (Fsp3) is 0.0667. The van der Waals surface area contributed by atoms with E-state index in [0.29, 0.717) is 0 Å². The molecule has 2 bridgehead atoms. The minimum Gasteiger partial charge on any atom is -0.472 e. The van der Waals surface area contributed by atoms with Crippen molar-refractivity contribution in [3.63, 3.8) is 0 Å². The Balaban J connectivity index is 2.02. The molecule has 2 nitrogen and oxygen atoms in total. The van der Waals surface area contributed by atoms with E-state index in [0.717, 1.165) is 17.1 Å². The zero-order chi connectivity index (χ0) is 11.5. The molecule has 2 heteroatoms. The Morgan fingerprint density at radius 1 is 0.941 bits per heavy atom. The molecule has 1 atom stereocenters. The van der Waals surface area contributed by atoms with Crippen LogP contribution in [0, 0.1) is 5.92 Å². The lowest BCUT2D eigenvalue weighted by Crippen LogP contribution is -2.03. The summed E-state index contributed by atoms with van der Waals surface area (Å²) in [4.78, 5) is 0. The third-order valence-electron chi connectivity index (χ3n) is 2.72. The van der Waals surface area contributed by atoms with Crippen molar-refractivity contribution in [2.45, 2.75) is 0 Å². The van der Waals surface area contributed by atoms with Gasteiger partial charge in [-0.3, -0.25) is 0 Å². The van der Waals surface area contributed by atoms with Crippen LogP contribution < -0.4 is 0 Å². The Bertz CT molecular complexity index is 525. The van der Waals surface area contributed by atoms with Gasteiger partial charge in [0.25, 0.3) is 0 Å². The van der Waals surface area contributed by atoms with Crippen LogP contribution in [0.1, 0.15) is 0 Å². The van der Waals surface area contributed by atoms with Gasteiger partial charge in [0.1, 0.15) is 11.5 Å². The van der Waals surface area contributed by atoms with Crippen LogP contribution in [-0.4, -0.2) is 0 Å². The van der Waals surface area contributed by atoms with Crippen molar-refractivity contribution >= 4 is 0 Å². The first kappa shape index (κ1) is 9.97. The van der Waals surface area contributed by atoms with E-state index in [1.807, 2.05) is 36.5 Å². The van der Waals surface area contributed by atoms with Gasteiger partial charge < -0.3 is 9.47 Å². The average Bonchev–Trinajstić information content (AvgIpc) is 2.36. The van der Waals surface area contributed by atoms with Crippen molar-refractivity contribution in [3.05, 3.63) is 84.3 Å². The molecule has 0 aromatic carbocycles. The Kier molecular flexibility index (Phi) is 2.54. The third kappa shape index (κ3) is 2.16. The number of hydrogen-bond donors (Lipinski definition) is 0. The maximum absolute atomic E-state index is 5.70. The quantitative estimate of drug-likeness (QED) is 0.627. The molecular formula is C15H12O2. The van der Waals surface area contributed by atoms with E-state index in [9.17, 15) is 0 Å². The molecule has 0 saturated heterocycles. The van der Waals surface area contributed by atoms with Gasteiger partial charge >= 0.3 is 0 Å². The minimum atomic E-state index is 0.200. The summed E-state index contributed by atoms with van der Waals surface area (Å²) in [5, 5.41) is 0. The van der Waals surface area contributed by atoms with Gasteiger partial charge in [-0.25, -0.2) is 0 Å². The first-order valence-corrected chi connectivity index (χ1v) is 5.57. The number of fused-ring (bicyclic) bond motifs is 3. The van der Waals surface area contributed by atoms with E-state index in [4.69, 9.17) is 9.47 Å². The second kappa shape index (κ2) is 4.34. The van der Waals surface area contributed by atoms with E-state index in [1.54, 1.807) is 18.6 Å². The molecule has 3 aliphatic rings. The molecule has 2 heterocycles. The second-order valence-corrected chi connectivity index (χ2v) is 3.93. The van der Waals surface area contributed by atoms with E-state index in [1.165, 1.54) is 0 Å². The number of allylic oxidation sites excluding steroid dienone is 10. The molecule has 0 fully saturated rings. The van der Waals surface area contributed by atoms with Gasteiger partial charge in [-0.1, -0.05) is 30.4 Å². The smallest absolute Gasteiger partial charge is 0.130 e. The van der Waals surface area contributed by atoms with Crippen LogP contribution in [0.4, 0.5) is 0 Å². The first-order valence-electron chi connectivity index (χ1n) is 5.57. The molecule has 0 N–H and O–H groups in total. The van der Waals surface area contributed by atoms with Crippen molar-refractivity contribution in [1.29, 1.82) is 0 Å². The van der Waals surface area contributed by atoms with Gasteiger partial charge in [-0.15, -0.1) is 0 Å². The third-order valence-corrected chi connectivity index (χ3v) is 2.72. The number of hydrogen-bond acceptors (Lipinski definition) is 2. The predicted octanol–water partition coefficient (Wildman–Crippen LogP) is 3.51. The first-order chi connectivity index (χ1) is 8.42. The van der Waals surface area contributed by atoms with Crippen molar-refractivity contribution in [2.24, 2.45) is 5.92 Å². The normalized spacial score (nSPS) is 24.9. The molecule has 17 heavy (non-hydrogen) atoms. The molecule has 0 saturated carbocycles. The van der Waals surface area contributed by atoms with Gasteiger partial charge in [0.05, 0.1) is 12.5 Å². The number of rotatable bonds is 0. The van der Waals surface area contributed by atoms with Gasteiger partial charge in [-0.05, 0) is 23.8 Å². The SMILES string of the molecule is C1=CC2=CC3C=CC=CC3=COC=CC(=C1)O2. The van der Waals surface area contributed by atoms with Crippen LogP contribution in [0.15, 0.2) is 84.3 Å². The van der Waals surface area contributed by atoms with Crippen molar-refractivity contribution in [2.75, 3.05) is 0 Å². The number of ether oxygens (including phenoxy) is 2. The highest BCUT2D eigenvalue weighted by atomic mass is 16.5. The van der Waals surface area contributed by atoms with Crippen molar-refractivity contribution in [1.82, 2.24) is 0 Å². The Morgan fingerprint density at radius 3 is 2.94 bits per heavy atom. The molecule has 2 aliphatic heterocycles. The van der Waals surface area contributed by atoms with E-state index in [2.05, 4.69) is 12.2 Å². The molecule has 1 unspecified atom stereocenters. The highest BCUT2D eigenvalue weighted by molar-refractivity contribution is 5.39. The summed E-state index contributed by atoms with van der Waals surface area (Å²) in [6.45, 7) is 0. The Hall–Kier alpha value is -2.22. The van der Waals surface area contributed by atoms with Gasteiger partial charge in [0, 0.05) is 12.0 Å². The van der Waals surface area contributed by atoms with Gasteiger partial charge in [0.15, 0.2) is 0 Å². The molecule has 3 rings (SSSR count). The molecule has 0 spiro atoms. The standard InChI is InChI=1S/C15H12O2/c1-2-5-13-11-16-9-8-14-6-3-7-15(17-14)10-12(13)4-1/h1-12H. The van der Waals surface area contributed by atoms with Crippen LogP contribution >= 0.6 is 0 Å². The van der Waals surface area contributed by atoms with E-state index in [-0.39, 0.29) is 5.92 Å². The topological polar surface area (TPSA) is 18.5 Å². The lowest BCUT2D eigenvalue weighted by molar-refractivity contribution is 0.321. The van der Waals surface area contributed by atoms with Crippen LogP contribution in [0.2, 0.25) is 0 Å². The molecule has 0 aromatic rings. The van der Waals surface area contributed by atoms with Gasteiger partial charge in [0.2, 0.25) is 0 Å². The minimum absolute atomic E-state index is 0.200. The highest BCUT2D eigenvalue weighted by Crippen LogP contribution is 2.25. The van der Waals surface area contributed by atoms with Crippen LogP contribution in [-0.2, 0) is 9.47 Å². The van der Waals surface area contributed by atoms with E-state index >= 15 is 0 Å². The fourth-order valence-corrected chi connectivity index (χ4v) is 1.86. The summed E-state index contributed by atoms with van der Waals surface area (Å²) in [6, 6.07) is 0. The van der Waals surface area contributed by atoms with Crippen LogP contribution in [0.5, 0.6) is 0 Å². The summed E-state index contributed by atoms with van der Waals surface area (Å²) in [5.41, 5.74) is 1.11. The predicted molar refractivity (Wildman–Crippen MR) is 66.5 cm³/mol. The zero-order valence-corrected chi connectivity index (χ0v) is 9.24. The van der Waals surface area contributed by atoms with E-state index < -0.39 is 0 Å². The van der Waals surface area contributed by atoms with Crippen molar-refractivity contribution in [3.8, 4) is 0 Å². The summed E-state index contributed by atoms with van der Waals surface area (Å²) >= 11 is 0. The molecule has 0 aromatic heterocycles. The maximum atomic E-state index is 5.70. The summed E-state index contributed by atoms with van der Waals surface area (Å²) < 4.78 is 11.1. The second-order valence-electron chi connectivity index (χ2n) is 3.93. The largest absolute Gasteiger partial charge is 0.472 e. The molecule has 0 radical (unpaired) electrons. The monoisotopic (exact) mass is 224 g/mol. The van der Waals surface area contributed by atoms with Crippen LogP contribution in [0.25, 0.3) is 0 Å². The van der Waals surface area contributed by atoms with Gasteiger partial charge in [-0.2, -0.15) is 0 Å². The fourth-order valence-electron chi connectivity index (χ4n) is 1.86. The Labute approximate surface area is 100 Å². The lowest BCUT2D eigenvalue weighted by atomic mass is 9.94. The molecular weight excluding hydrogens is 212 g/mol. The average molecular weight is 224 g/mol. The zero-order valence-electron chi connectivity index (χ0n) is 9.24. The summed E-state index contributed by atoms with van der Waals surface area (Å²) in [5.74, 6) is 1.85. The van der Waals surface area contributed by atoms with Crippen molar-refractivity contribution < 1.29 is 9.47 Å². The summed E-state index contributed by atoms with van der Waals surface area (Å²) in [6.07, 6.45) is 21.3. The Morgan fingerprint density at radius 2 is 1.94 bits per heavy atom. The highest BCUT2D eigenvalue weighted by Gasteiger charge is 2.13. The molecule has 1 aliphatic carbocycles. The lowest BCUT2D eigenvalue weighted by Gasteiger charge is -2.17. The summed E-state index contributed by atoms with van der Waals surface area (Å²) in [7, 11) is 0.